The molecule has 1 aromatic rings. The highest BCUT2D eigenvalue weighted by molar-refractivity contribution is 5.28. The first-order valence-corrected chi connectivity index (χ1v) is 6.90. The van der Waals surface area contributed by atoms with Crippen molar-refractivity contribution in [1.82, 2.24) is 0 Å². The van der Waals surface area contributed by atoms with Crippen molar-refractivity contribution in [3.8, 4) is 5.75 Å². The van der Waals surface area contributed by atoms with Crippen LogP contribution in [0, 0.1) is 0 Å². The van der Waals surface area contributed by atoms with Crippen LogP contribution in [-0.4, -0.2) is 23.9 Å². The molecular formula is C15H23NO2. The van der Waals surface area contributed by atoms with Crippen LogP contribution in [0.25, 0.3) is 0 Å². The SMILES string of the molecule is NC(CO)Cc1ccc(OC2CCCCC2)cc1. The Morgan fingerprint density at radius 2 is 1.83 bits per heavy atom. The van der Waals surface area contributed by atoms with E-state index >= 15 is 0 Å². The summed E-state index contributed by atoms with van der Waals surface area (Å²) in [6.07, 6.45) is 7.37. The van der Waals surface area contributed by atoms with Crippen molar-refractivity contribution < 1.29 is 9.84 Å². The van der Waals surface area contributed by atoms with Crippen LogP contribution in [0.2, 0.25) is 0 Å². The predicted octanol–water partition coefficient (Wildman–Crippen LogP) is 2.26. The number of aliphatic hydroxyl groups excluding tert-OH is 1. The maximum Gasteiger partial charge on any atom is 0.119 e. The van der Waals surface area contributed by atoms with E-state index in [9.17, 15) is 0 Å². The van der Waals surface area contributed by atoms with Gasteiger partial charge in [0.15, 0.2) is 0 Å². The summed E-state index contributed by atoms with van der Waals surface area (Å²) in [7, 11) is 0. The van der Waals surface area contributed by atoms with Crippen molar-refractivity contribution in [3.05, 3.63) is 29.8 Å². The highest BCUT2D eigenvalue weighted by Gasteiger charge is 2.14. The van der Waals surface area contributed by atoms with Crippen molar-refractivity contribution in [2.24, 2.45) is 5.73 Å². The fraction of sp³-hybridized carbons (Fsp3) is 0.600. The van der Waals surface area contributed by atoms with Crippen LogP contribution >= 0.6 is 0 Å². The number of hydrogen-bond donors (Lipinski definition) is 2. The van der Waals surface area contributed by atoms with Gasteiger partial charge in [-0.1, -0.05) is 18.6 Å². The summed E-state index contributed by atoms with van der Waals surface area (Å²) in [6.45, 7) is 0.0281. The lowest BCUT2D eigenvalue weighted by Crippen LogP contribution is -2.26. The number of nitrogens with two attached hydrogens (primary N) is 1. The van der Waals surface area contributed by atoms with Crippen LogP contribution in [-0.2, 0) is 6.42 Å². The molecule has 0 amide bonds. The lowest BCUT2D eigenvalue weighted by molar-refractivity contribution is 0.155. The van der Waals surface area contributed by atoms with Gasteiger partial charge in [-0.3, -0.25) is 0 Å². The molecule has 1 aliphatic rings. The van der Waals surface area contributed by atoms with Crippen molar-refractivity contribution >= 4 is 0 Å². The topological polar surface area (TPSA) is 55.5 Å². The van der Waals surface area contributed by atoms with E-state index in [-0.39, 0.29) is 12.6 Å². The Morgan fingerprint density at radius 1 is 1.17 bits per heavy atom. The number of hydrogen-bond acceptors (Lipinski definition) is 3. The Kier molecular flexibility index (Phi) is 5.02. The summed E-state index contributed by atoms with van der Waals surface area (Å²) in [6, 6.07) is 7.92. The van der Waals surface area contributed by atoms with Gasteiger partial charge in [-0.2, -0.15) is 0 Å². The molecule has 1 aliphatic carbocycles. The van der Waals surface area contributed by atoms with Gasteiger partial charge in [-0.05, 0) is 49.8 Å². The summed E-state index contributed by atoms with van der Waals surface area (Å²) in [4.78, 5) is 0. The van der Waals surface area contributed by atoms with Gasteiger partial charge in [-0.25, -0.2) is 0 Å². The van der Waals surface area contributed by atoms with E-state index in [2.05, 4.69) is 0 Å². The van der Waals surface area contributed by atoms with Crippen LogP contribution in [0.5, 0.6) is 5.75 Å². The molecular weight excluding hydrogens is 226 g/mol. The fourth-order valence-corrected chi connectivity index (χ4v) is 2.45. The molecule has 1 aromatic carbocycles. The monoisotopic (exact) mass is 249 g/mol. The van der Waals surface area contributed by atoms with E-state index in [1.807, 2.05) is 24.3 Å². The molecule has 1 unspecified atom stereocenters. The zero-order valence-corrected chi connectivity index (χ0v) is 10.8. The lowest BCUT2D eigenvalue weighted by Gasteiger charge is -2.23. The van der Waals surface area contributed by atoms with Gasteiger partial charge >= 0.3 is 0 Å². The van der Waals surface area contributed by atoms with Gasteiger partial charge < -0.3 is 15.6 Å². The smallest absolute Gasteiger partial charge is 0.119 e. The number of ether oxygens (including phenoxy) is 1. The second-order valence-corrected chi connectivity index (χ2v) is 5.17. The largest absolute Gasteiger partial charge is 0.490 e. The zero-order chi connectivity index (χ0) is 12.8. The Bertz CT molecular complexity index is 344. The highest BCUT2D eigenvalue weighted by Crippen LogP contribution is 2.23. The van der Waals surface area contributed by atoms with E-state index in [1.54, 1.807) is 0 Å². The van der Waals surface area contributed by atoms with Gasteiger partial charge in [0.1, 0.15) is 5.75 Å². The molecule has 2 rings (SSSR count). The minimum absolute atomic E-state index is 0.0281. The molecule has 3 heteroatoms. The Morgan fingerprint density at radius 3 is 2.44 bits per heavy atom. The first-order valence-electron chi connectivity index (χ1n) is 6.90. The van der Waals surface area contributed by atoms with Crippen LogP contribution in [0.3, 0.4) is 0 Å². The van der Waals surface area contributed by atoms with Gasteiger partial charge in [0.25, 0.3) is 0 Å². The van der Waals surface area contributed by atoms with Crippen molar-refractivity contribution in [2.75, 3.05) is 6.61 Å². The molecule has 1 fully saturated rings. The maximum atomic E-state index is 8.92. The molecule has 0 radical (unpaired) electrons. The second kappa shape index (κ2) is 6.76. The molecule has 3 nitrogen and oxygen atoms in total. The predicted molar refractivity (Wildman–Crippen MR) is 72.7 cm³/mol. The number of benzene rings is 1. The fourth-order valence-electron chi connectivity index (χ4n) is 2.45. The summed E-state index contributed by atoms with van der Waals surface area (Å²) in [5, 5.41) is 8.92. The van der Waals surface area contributed by atoms with E-state index in [1.165, 1.54) is 32.1 Å². The van der Waals surface area contributed by atoms with Crippen LogP contribution in [0.4, 0.5) is 0 Å². The normalized spacial score (nSPS) is 18.6. The number of rotatable bonds is 5. The summed E-state index contributed by atoms with van der Waals surface area (Å²) in [5.41, 5.74) is 6.86. The average Bonchev–Trinajstić information content (AvgIpc) is 2.42. The molecule has 1 saturated carbocycles. The molecule has 0 saturated heterocycles. The average molecular weight is 249 g/mol. The number of aliphatic hydroxyl groups is 1. The quantitative estimate of drug-likeness (QED) is 0.841. The molecule has 3 N–H and O–H groups in total. The van der Waals surface area contributed by atoms with Crippen LogP contribution in [0.15, 0.2) is 24.3 Å². The molecule has 100 valence electrons. The van der Waals surface area contributed by atoms with Crippen molar-refractivity contribution in [1.29, 1.82) is 0 Å². The standard InChI is InChI=1S/C15H23NO2/c16-13(11-17)10-12-6-8-15(9-7-12)18-14-4-2-1-3-5-14/h6-9,13-14,17H,1-5,10-11,16H2. The van der Waals surface area contributed by atoms with E-state index in [4.69, 9.17) is 15.6 Å². The van der Waals surface area contributed by atoms with E-state index in [0.29, 0.717) is 12.5 Å². The Labute approximate surface area is 109 Å². The van der Waals surface area contributed by atoms with Gasteiger partial charge in [-0.15, -0.1) is 0 Å². The molecule has 0 heterocycles. The third-order valence-corrected chi connectivity index (χ3v) is 3.51. The third kappa shape index (κ3) is 4.00. The van der Waals surface area contributed by atoms with Gasteiger partial charge in [0.05, 0.1) is 12.7 Å². The molecule has 0 aromatic heterocycles. The summed E-state index contributed by atoms with van der Waals surface area (Å²) >= 11 is 0. The minimum Gasteiger partial charge on any atom is -0.490 e. The van der Waals surface area contributed by atoms with Crippen molar-refractivity contribution in [3.63, 3.8) is 0 Å². The Hall–Kier alpha value is -1.06. The molecule has 0 aliphatic heterocycles. The second-order valence-electron chi connectivity index (χ2n) is 5.17. The first-order chi connectivity index (χ1) is 8.78. The highest BCUT2D eigenvalue weighted by atomic mass is 16.5. The first kappa shape index (κ1) is 13.4. The minimum atomic E-state index is -0.171. The summed E-state index contributed by atoms with van der Waals surface area (Å²) < 4.78 is 5.96. The molecule has 1 atom stereocenters. The van der Waals surface area contributed by atoms with Gasteiger partial charge in [0.2, 0.25) is 0 Å². The lowest BCUT2D eigenvalue weighted by atomic mass is 9.98. The Balaban J connectivity index is 1.86. The molecule has 0 bridgehead atoms. The van der Waals surface area contributed by atoms with E-state index < -0.39 is 0 Å². The van der Waals surface area contributed by atoms with Crippen LogP contribution < -0.4 is 10.5 Å². The summed E-state index contributed by atoms with van der Waals surface area (Å²) in [5.74, 6) is 0.947. The van der Waals surface area contributed by atoms with Crippen LogP contribution in [0.1, 0.15) is 37.7 Å². The van der Waals surface area contributed by atoms with E-state index in [0.717, 1.165) is 11.3 Å². The zero-order valence-electron chi connectivity index (χ0n) is 10.8. The van der Waals surface area contributed by atoms with Gasteiger partial charge in [0, 0.05) is 6.04 Å². The molecule has 18 heavy (non-hydrogen) atoms. The maximum absolute atomic E-state index is 8.92. The molecule has 0 spiro atoms. The van der Waals surface area contributed by atoms with Crippen molar-refractivity contribution in [2.45, 2.75) is 50.7 Å². The third-order valence-electron chi connectivity index (χ3n) is 3.51.